The second kappa shape index (κ2) is 5.99. The van der Waals surface area contributed by atoms with Crippen molar-refractivity contribution in [3.63, 3.8) is 0 Å². The molecule has 2 aromatic carbocycles. The molecule has 124 valence electrons. The standard InChI is InChI=1S/C16H15N3O4S/c1-10-13-7-2-3-8-14(13)23-15(10)19-16(20)18-11-5-4-6-12(9-11)24(17,21)22/h2-9H,1H3,(H2,17,21,22)(H2,18,19,20). The summed E-state index contributed by atoms with van der Waals surface area (Å²) in [5.74, 6) is 0.330. The average molecular weight is 345 g/mol. The zero-order chi connectivity index (χ0) is 17.3. The maximum atomic E-state index is 12.1. The van der Waals surface area contributed by atoms with Crippen molar-refractivity contribution in [1.82, 2.24) is 0 Å². The van der Waals surface area contributed by atoms with Gasteiger partial charge in [-0.05, 0) is 31.2 Å². The molecule has 8 heteroatoms. The fourth-order valence-electron chi connectivity index (χ4n) is 2.31. The number of rotatable bonds is 3. The van der Waals surface area contributed by atoms with E-state index in [9.17, 15) is 13.2 Å². The first-order valence-electron chi connectivity index (χ1n) is 7.03. The molecular formula is C16H15N3O4S. The van der Waals surface area contributed by atoms with Crippen molar-refractivity contribution in [1.29, 1.82) is 0 Å². The molecule has 3 aromatic rings. The van der Waals surface area contributed by atoms with E-state index in [0.717, 1.165) is 10.9 Å². The first-order chi connectivity index (χ1) is 11.3. The molecule has 0 unspecified atom stereocenters. The summed E-state index contributed by atoms with van der Waals surface area (Å²) in [7, 11) is -3.83. The van der Waals surface area contributed by atoms with E-state index in [-0.39, 0.29) is 4.90 Å². The van der Waals surface area contributed by atoms with Crippen LogP contribution < -0.4 is 15.8 Å². The topological polar surface area (TPSA) is 114 Å². The van der Waals surface area contributed by atoms with Crippen LogP contribution in [-0.4, -0.2) is 14.4 Å². The molecule has 24 heavy (non-hydrogen) atoms. The van der Waals surface area contributed by atoms with Crippen LogP contribution in [0.15, 0.2) is 57.8 Å². The van der Waals surface area contributed by atoms with Gasteiger partial charge in [0.1, 0.15) is 5.58 Å². The van der Waals surface area contributed by atoms with Crippen LogP contribution >= 0.6 is 0 Å². The first-order valence-corrected chi connectivity index (χ1v) is 8.58. The van der Waals surface area contributed by atoms with Gasteiger partial charge in [0, 0.05) is 16.6 Å². The van der Waals surface area contributed by atoms with Crippen LogP contribution in [0.3, 0.4) is 0 Å². The Morgan fingerprint density at radius 2 is 1.83 bits per heavy atom. The number of para-hydroxylation sites is 1. The Morgan fingerprint density at radius 1 is 1.08 bits per heavy atom. The maximum Gasteiger partial charge on any atom is 0.326 e. The van der Waals surface area contributed by atoms with Crippen molar-refractivity contribution in [2.45, 2.75) is 11.8 Å². The number of hydrogen-bond donors (Lipinski definition) is 3. The molecule has 0 saturated heterocycles. The Hall–Kier alpha value is -2.84. The number of nitrogens with one attached hydrogen (secondary N) is 2. The van der Waals surface area contributed by atoms with Crippen molar-refractivity contribution >= 4 is 38.6 Å². The lowest BCUT2D eigenvalue weighted by Crippen LogP contribution is -2.20. The molecule has 0 aliphatic carbocycles. The number of urea groups is 1. The molecule has 0 aliphatic heterocycles. The molecule has 0 spiro atoms. The van der Waals surface area contributed by atoms with Crippen LogP contribution in [0.5, 0.6) is 0 Å². The molecule has 2 amide bonds. The van der Waals surface area contributed by atoms with Gasteiger partial charge >= 0.3 is 6.03 Å². The molecule has 0 atom stereocenters. The zero-order valence-corrected chi connectivity index (χ0v) is 13.6. The van der Waals surface area contributed by atoms with E-state index in [1.807, 2.05) is 25.1 Å². The molecule has 4 N–H and O–H groups in total. The summed E-state index contributed by atoms with van der Waals surface area (Å²) in [5.41, 5.74) is 1.77. The van der Waals surface area contributed by atoms with Crippen molar-refractivity contribution in [2.75, 3.05) is 10.6 Å². The lowest BCUT2D eigenvalue weighted by atomic mass is 10.2. The quantitative estimate of drug-likeness (QED) is 0.677. The third-order valence-electron chi connectivity index (χ3n) is 3.49. The molecule has 3 rings (SSSR count). The summed E-state index contributed by atoms with van der Waals surface area (Å²) >= 11 is 0. The van der Waals surface area contributed by atoms with E-state index < -0.39 is 16.1 Å². The Bertz CT molecular complexity index is 1020. The minimum atomic E-state index is -3.83. The molecule has 0 radical (unpaired) electrons. The lowest BCUT2D eigenvalue weighted by molar-refractivity contribution is 0.261. The third-order valence-corrected chi connectivity index (χ3v) is 4.40. The fraction of sp³-hybridized carbons (Fsp3) is 0.0625. The number of amides is 2. The summed E-state index contributed by atoms with van der Waals surface area (Å²) in [5, 5.41) is 11.1. The van der Waals surface area contributed by atoms with E-state index in [1.165, 1.54) is 18.2 Å². The highest BCUT2D eigenvalue weighted by molar-refractivity contribution is 7.89. The van der Waals surface area contributed by atoms with Crippen molar-refractivity contribution < 1.29 is 17.6 Å². The molecule has 1 aromatic heterocycles. The summed E-state index contributed by atoms with van der Waals surface area (Å²) in [6, 6.07) is 12.5. The number of hydrogen-bond acceptors (Lipinski definition) is 4. The highest BCUT2D eigenvalue weighted by Crippen LogP contribution is 2.28. The monoisotopic (exact) mass is 345 g/mol. The van der Waals surface area contributed by atoms with Gasteiger partial charge in [0.05, 0.1) is 4.90 Å². The van der Waals surface area contributed by atoms with Crippen molar-refractivity contribution in [3.05, 3.63) is 54.1 Å². The number of aryl methyl sites for hydroxylation is 1. The second-order valence-electron chi connectivity index (χ2n) is 5.20. The Morgan fingerprint density at radius 3 is 2.54 bits per heavy atom. The zero-order valence-electron chi connectivity index (χ0n) is 12.7. The van der Waals surface area contributed by atoms with E-state index in [0.29, 0.717) is 17.2 Å². The minimum absolute atomic E-state index is 0.0831. The average Bonchev–Trinajstić information content (AvgIpc) is 2.83. The molecule has 0 fully saturated rings. The number of anilines is 2. The predicted octanol–water partition coefficient (Wildman–Crippen LogP) is 3.03. The van der Waals surface area contributed by atoms with Crippen LogP contribution in [0.4, 0.5) is 16.4 Å². The smallest absolute Gasteiger partial charge is 0.326 e. The molecule has 1 heterocycles. The number of benzene rings is 2. The molecule has 0 aliphatic rings. The maximum absolute atomic E-state index is 12.1. The van der Waals surface area contributed by atoms with Crippen molar-refractivity contribution in [3.8, 4) is 0 Å². The highest BCUT2D eigenvalue weighted by atomic mass is 32.2. The van der Waals surface area contributed by atoms with Gasteiger partial charge in [-0.15, -0.1) is 0 Å². The molecular weight excluding hydrogens is 330 g/mol. The number of nitrogens with two attached hydrogens (primary N) is 1. The van der Waals surface area contributed by atoms with Crippen LogP contribution in [0, 0.1) is 6.92 Å². The highest BCUT2D eigenvalue weighted by Gasteiger charge is 2.14. The normalized spacial score (nSPS) is 11.4. The summed E-state index contributed by atoms with van der Waals surface area (Å²) < 4.78 is 28.3. The Kier molecular flexibility index (Phi) is 4.00. The Balaban J connectivity index is 1.79. The Labute approximate surface area is 138 Å². The second-order valence-corrected chi connectivity index (χ2v) is 6.77. The first kappa shape index (κ1) is 16.0. The third kappa shape index (κ3) is 3.24. The van der Waals surface area contributed by atoms with E-state index in [2.05, 4.69) is 10.6 Å². The van der Waals surface area contributed by atoms with Crippen molar-refractivity contribution in [2.24, 2.45) is 5.14 Å². The number of primary sulfonamides is 1. The predicted molar refractivity (Wildman–Crippen MR) is 91.4 cm³/mol. The van der Waals surface area contributed by atoms with Gasteiger partial charge in [0.2, 0.25) is 15.9 Å². The fourth-order valence-corrected chi connectivity index (χ4v) is 2.87. The number of carbonyl (C=O) groups excluding carboxylic acids is 1. The molecule has 0 saturated carbocycles. The molecule has 0 bridgehead atoms. The summed E-state index contributed by atoms with van der Waals surface area (Å²) in [6.45, 7) is 1.84. The van der Waals surface area contributed by atoms with Gasteiger partial charge in [-0.2, -0.15) is 0 Å². The van der Waals surface area contributed by atoms with Crippen LogP contribution in [0.2, 0.25) is 0 Å². The van der Waals surface area contributed by atoms with Gasteiger partial charge in [-0.25, -0.2) is 18.4 Å². The molecule has 7 nitrogen and oxygen atoms in total. The van der Waals surface area contributed by atoms with Crippen LogP contribution in [0.1, 0.15) is 5.56 Å². The number of carbonyl (C=O) groups is 1. The number of sulfonamides is 1. The van der Waals surface area contributed by atoms with Gasteiger partial charge in [0.15, 0.2) is 0 Å². The van der Waals surface area contributed by atoms with E-state index in [4.69, 9.17) is 9.56 Å². The number of fused-ring (bicyclic) bond motifs is 1. The van der Waals surface area contributed by atoms with Gasteiger partial charge in [-0.1, -0.05) is 24.3 Å². The van der Waals surface area contributed by atoms with Crippen LogP contribution in [-0.2, 0) is 10.0 Å². The summed E-state index contributed by atoms with van der Waals surface area (Å²) in [4.78, 5) is 12.0. The van der Waals surface area contributed by atoms with E-state index >= 15 is 0 Å². The van der Waals surface area contributed by atoms with Gasteiger partial charge in [0.25, 0.3) is 0 Å². The van der Waals surface area contributed by atoms with Crippen LogP contribution in [0.25, 0.3) is 11.0 Å². The largest absolute Gasteiger partial charge is 0.440 e. The number of furan rings is 1. The minimum Gasteiger partial charge on any atom is -0.440 e. The summed E-state index contributed by atoms with van der Waals surface area (Å²) in [6.07, 6.45) is 0. The van der Waals surface area contributed by atoms with E-state index in [1.54, 1.807) is 12.1 Å². The van der Waals surface area contributed by atoms with Gasteiger partial charge < -0.3 is 9.73 Å². The van der Waals surface area contributed by atoms with Gasteiger partial charge in [-0.3, -0.25) is 5.32 Å². The SMILES string of the molecule is Cc1c(NC(=O)Nc2cccc(S(N)(=O)=O)c2)oc2ccccc12. The lowest BCUT2D eigenvalue weighted by Gasteiger charge is -2.07.